The van der Waals surface area contributed by atoms with E-state index in [2.05, 4.69) is 15.4 Å². The molecule has 5 rings (SSSR count). The summed E-state index contributed by atoms with van der Waals surface area (Å²) in [5.41, 5.74) is 3.96. The van der Waals surface area contributed by atoms with Crippen LogP contribution in [0.1, 0.15) is 41.1 Å². The van der Waals surface area contributed by atoms with E-state index in [0.29, 0.717) is 28.5 Å². The van der Waals surface area contributed by atoms with Gasteiger partial charge in [0.05, 0.1) is 53.0 Å². The lowest BCUT2D eigenvalue weighted by atomic mass is 10.0. The number of hydrogen-bond acceptors (Lipinski definition) is 6. The van der Waals surface area contributed by atoms with Crippen molar-refractivity contribution in [3.05, 3.63) is 100 Å². The van der Waals surface area contributed by atoms with Crippen molar-refractivity contribution in [2.45, 2.75) is 25.6 Å². The van der Waals surface area contributed by atoms with Crippen molar-refractivity contribution >= 4 is 17.5 Å². The van der Waals surface area contributed by atoms with E-state index >= 15 is 4.39 Å². The fourth-order valence-electron chi connectivity index (χ4n) is 4.71. The molecular weight excluding hydrogens is 613 g/mol. The quantitative estimate of drug-likeness (QED) is 0.137. The van der Waals surface area contributed by atoms with Crippen LogP contribution < -0.4 is 15.2 Å². The van der Waals surface area contributed by atoms with Crippen LogP contribution in [0.15, 0.2) is 61.2 Å². The Labute approximate surface area is 250 Å². The van der Waals surface area contributed by atoms with Gasteiger partial charge >= 0.3 is 6.18 Å². The third-order valence-corrected chi connectivity index (χ3v) is 7.15. The Morgan fingerprint density at radius 3 is 2.52 bits per heavy atom. The largest absolute Gasteiger partial charge is 0.618 e. The Balaban J connectivity index is 1.58. The molecule has 1 amide bonds. The van der Waals surface area contributed by atoms with E-state index in [4.69, 9.17) is 22.1 Å². The van der Waals surface area contributed by atoms with Crippen molar-refractivity contribution < 1.29 is 36.2 Å². The second-order valence-corrected chi connectivity index (χ2v) is 9.91. The van der Waals surface area contributed by atoms with Crippen LogP contribution in [0.2, 0.25) is 5.02 Å². The first-order valence-corrected chi connectivity index (χ1v) is 13.1. The number of aromatic nitrogens is 6. The Bertz CT molecular complexity index is 1890. The summed E-state index contributed by atoms with van der Waals surface area (Å²) in [5.74, 6) is -2.75. The van der Waals surface area contributed by atoms with Crippen LogP contribution in [0.5, 0.6) is 5.75 Å². The van der Waals surface area contributed by atoms with Gasteiger partial charge in [0, 0.05) is 11.8 Å². The molecular formula is C28H21ClF5N7O3. The molecule has 228 valence electrons. The number of benzene rings is 2. The summed E-state index contributed by atoms with van der Waals surface area (Å²) >= 11 is 6.02. The molecule has 0 saturated heterocycles. The molecule has 3 heterocycles. The Morgan fingerprint density at radius 1 is 1.16 bits per heavy atom. The molecule has 2 aromatic carbocycles. The third kappa shape index (κ3) is 5.53. The van der Waals surface area contributed by atoms with E-state index in [0.717, 1.165) is 23.0 Å². The SMILES string of the molecule is CC[C@@H](c1cc(OC)c(-c2c(-n3cc(C(F)(F)F)nn3)ccc(Cl)c2F)c[n+]1[O-])n1cc(-c2ccc(C(N)=O)c(F)c2)cn1. The molecule has 0 unspecified atom stereocenters. The summed E-state index contributed by atoms with van der Waals surface area (Å²) in [7, 11) is 1.27. The van der Waals surface area contributed by atoms with Gasteiger partial charge < -0.3 is 15.7 Å². The van der Waals surface area contributed by atoms with Gasteiger partial charge in [-0.05, 0) is 36.2 Å². The number of nitrogens with two attached hydrogens (primary N) is 1. The lowest BCUT2D eigenvalue weighted by molar-refractivity contribution is -0.615. The van der Waals surface area contributed by atoms with Crippen LogP contribution in [0.25, 0.3) is 27.9 Å². The molecule has 0 saturated carbocycles. The zero-order valence-electron chi connectivity index (χ0n) is 22.8. The number of primary amides is 1. The molecule has 2 N–H and O–H groups in total. The standard InChI is InChI=1S/C28H21ClF5N7O3/c1-3-20(39-11-15(10-36-39)14-4-5-16(27(35)42)19(30)8-14)22-9-23(44-2)17(12-41(22)43)25-21(7-6-18(29)26(25)31)40-13-24(37-38-40)28(32,33)34/h4-13,20H,3H2,1-2H3,(H2,35,42)/t20-/m0/s1. The number of hydrogen-bond donors (Lipinski definition) is 1. The first kappa shape index (κ1) is 30.4. The Hall–Kier alpha value is -5.05. The molecule has 0 aliphatic heterocycles. The molecule has 16 heteroatoms. The van der Waals surface area contributed by atoms with Crippen molar-refractivity contribution in [1.82, 2.24) is 24.8 Å². The number of nitrogens with zero attached hydrogens (tertiary/aromatic N) is 6. The van der Waals surface area contributed by atoms with Gasteiger partial charge in [-0.3, -0.25) is 9.48 Å². The number of carbonyl (C=O) groups is 1. The summed E-state index contributed by atoms with van der Waals surface area (Å²) in [5, 5.41) is 24.0. The molecule has 0 radical (unpaired) electrons. The van der Waals surface area contributed by atoms with Gasteiger partial charge in [-0.2, -0.15) is 23.0 Å². The molecule has 1 atom stereocenters. The predicted molar refractivity (Wildman–Crippen MR) is 147 cm³/mol. The monoisotopic (exact) mass is 633 g/mol. The zero-order chi connectivity index (χ0) is 31.9. The average molecular weight is 634 g/mol. The first-order chi connectivity index (χ1) is 20.8. The van der Waals surface area contributed by atoms with Crippen LogP contribution in [0.3, 0.4) is 0 Å². The smallest absolute Gasteiger partial charge is 0.436 e. The number of pyridine rings is 1. The minimum atomic E-state index is -4.80. The predicted octanol–water partition coefficient (Wildman–Crippen LogP) is 5.49. The van der Waals surface area contributed by atoms with E-state index in [9.17, 15) is 27.6 Å². The van der Waals surface area contributed by atoms with Gasteiger partial charge in [0.15, 0.2) is 17.7 Å². The second kappa shape index (κ2) is 11.6. The molecule has 0 aliphatic rings. The van der Waals surface area contributed by atoms with Crippen LogP contribution >= 0.6 is 11.6 Å². The summed E-state index contributed by atoms with van der Waals surface area (Å²) in [6.07, 6.45) is 0.154. The normalized spacial score (nSPS) is 12.4. The van der Waals surface area contributed by atoms with Gasteiger partial charge in [0.2, 0.25) is 5.69 Å². The fraction of sp³-hybridized carbons (Fsp3) is 0.179. The summed E-state index contributed by atoms with van der Waals surface area (Å²) < 4.78 is 77.6. The molecule has 0 spiro atoms. The lowest BCUT2D eigenvalue weighted by Gasteiger charge is -2.19. The van der Waals surface area contributed by atoms with Gasteiger partial charge in [-0.1, -0.05) is 29.8 Å². The Kier molecular flexibility index (Phi) is 7.99. The highest BCUT2D eigenvalue weighted by atomic mass is 35.5. The van der Waals surface area contributed by atoms with Gasteiger partial charge in [0.1, 0.15) is 17.6 Å². The van der Waals surface area contributed by atoms with E-state index in [1.165, 1.54) is 42.3 Å². The van der Waals surface area contributed by atoms with Crippen molar-refractivity contribution in [3.8, 4) is 33.7 Å². The van der Waals surface area contributed by atoms with Crippen molar-refractivity contribution in [2.24, 2.45) is 5.73 Å². The van der Waals surface area contributed by atoms with Gasteiger partial charge in [-0.15, -0.1) is 5.10 Å². The molecule has 0 bridgehead atoms. The van der Waals surface area contributed by atoms with Gasteiger partial charge in [0.25, 0.3) is 5.91 Å². The average Bonchev–Trinajstić information content (AvgIpc) is 3.66. The summed E-state index contributed by atoms with van der Waals surface area (Å²) in [6, 6.07) is 6.92. The first-order valence-electron chi connectivity index (χ1n) is 12.8. The molecule has 0 fully saturated rings. The van der Waals surface area contributed by atoms with E-state index in [-0.39, 0.29) is 38.8 Å². The summed E-state index contributed by atoms with van der Waals surface area (Å²) in [4.78, 5) is 11.4. The van der Waals surface area contributed by atoms with Crippen molar-refractivity contribution in [3.63, 3.8) is 0 Å². The number of alkyl halides is 3. The highest BCUT2D eigenvalue weighted by molar-refractivity contribution is 6.31. The number of rotatable bonds is 8. The van der Waals surface area contributed by atoms with Crippen molar-refractivity contribution in [1.29, 1.82) is 0 Å². The molecule has 3 aromatic heterocycles. The van der Waals surface area contributed by atoms with E-state index in [1.807, 2.05) is 0 Å². The van der Waals surface area contributed by atoms with Gasteiger partial charge in [-0.25, -0.2) is 13.5 Å². The molecule has 5 aromatic rings. The molecule has 0 aliphatic carbocycles. The molecule has 10 nitrogen and oxygen atoms in total. The lowest BCUT2D eigenvalue weighted by Crippen LogP contribution is -2.35. The highest BCUT2D eigenvalue weighted by Gasteiger charge is 2.35. The number of carbonyl (C=O) groups excluding carboxylic acids is 1. The maximum Gasteiger partial charge on any atom is 0.436 e. The topological polar surface area (TPSA) is 128 Å². The van der Waals surface area contributed by atoms with Crippen LogP contribution in [-0.2, 0) is 6.18 Å². The van der Waals surface area contributed by atoms with E-state index in [1.54, 1.807) is 13.1 Å². The highest BCUT2D eigenvalue weighted by Crippen LogP contribution is 2.40. The summed E-state index contributed by atoms with van der Waals surface area (Å²) in [6.45, 7) is 1.78. The van der Waals surface area contributed by atoms with E-state index < -0.39 is 35.5 Å². The van der Waals surface area contributed by atoms with Crippen LogP contribution in [0.4, 0.5) is 22.0 Å². The minimum absolute atomic E-state index is 0.000572. The minimum Gasteiger partial charge on any atom is -0.618 e. The number of halogens is 6. The van der Waals surface area contributed by atoms with Crippen LogP contribution in [0, 0.1) is 16.8 Å². The maximum atomic E-state index is 15.5. The fourth-order valence-corrected chi connectivity index (χ4v) is 4.87. The zero-order valence-corrected chi connectivity index (χ0v) is 23.6. The maximum absolute atomic E-state index is 15.5. The van der Waals surface area contributed by atoms with Crippen LogP contribution in [-0.4, -0.2) is 37.8 Å². The number of methoxy groups -OCH3 is 1. The third-order valence-electron chi connectivity index (χ3n) is 6.85. The number of ether oxygens (including phenoxy) is 1. The number of amides is 1. The molecule has 44 heavy (non-hydrogen) atoms. The Morgan fingerprint density at radius 2 is 1.91 bits per heavy atom. The second-order valence-electron chi connectivity index (χ2n) is 9.50. The van der Waals surface area contributed by atoms with Crippen molar-refractivity contribution in [2.75, 3.05) is 7.11 Å².